The lowest BCUT2D eigenvalue weighted by molar-refractivity contribution is -0.274. The molecular formula is C11H12F3NO4S. The molecule has 1 rings (SSSR count). The topological polar surface area (TPSA) is 72.5 Å². The van der Waals surface area contributed by atoms with E-state index in [-0.39, 0.29) is 11.3 Å². The summed E-state index contributed by atoms with van der Waals surface area (Å²) in [4.78, 5) is 10.9. The predicted octanol–water partition coefficient (Wildman–Crippen LogP) is 2.19. The first kappa shape index (κ1) is 16.3. The maximum atomic E-state index is 11.9. The number of nitrogens with one attached hydrogen (secondary N) is 1. The van der Waals surface area contributed by atoms with E-state index in [0.717, 1.165) is 24.3 Å². The molecule has 0 bridgehead atoms. The quantitative estimate of drug-likeness (QED) is 0.904. The average Bonchev–Trinajstić information content (AvgIpc) is 2.26. The summed E-state index contributed by atoms with van der Waals surface area (Å²) < 4.78 is 64.7. The van der Waals surface area contributed by atoms with E-state index >= 15 is 0 Å². The molecule has 1 aromatic carbocycles. The average molecular weight is 311 g/mol. The number of benzene rings is 1. The number of rotatable bonds is 5. The normalized spacial score (nSPS) is 12.0. The molecule has 0 aliphatic rings. The number of carbonyl (C=O) groups excluding carboxylic acids is 1. The van der Waals surface area contributed by atoms with Crippen molar-refractivity contribution in [1.82, 2.24) is 4.72 Å². The molecule has 0 heterocycles. The van der Waals surface area contributed by atoms with Crippen molar-refractivity contribution in [3.05, 3.63) is 24.3 Å². The summed E-state index contributed by atoms with van der Waals surface area (Å²) in [6, 6.07) is 3.55. The molecule has 20 heavy (non-hydrogen) atoms. The van der Waals surface area contributed by atoms with Crippen LogP contribution in [0.4, 0.5) is 13.2 Å². The first-order valence-electron chi connectivity index (χ1n) is 5.55. The van der Waals surface area contributed by atoms with Crippen molar-refractivity contribution < 1.29 is 31.1 Å². The number of hydrogen-bond donors (Lipinski definition) is 1. The number of sulfonamides is 1. The molecule has 0 aliphatic heterocycles. The van der Waals surface area contributed by atoms with Gasteiger partial charge < -0.3 is 4.74 Å². The molecule has 1 aromatic rings. The van der Waals surface area contributed by atoms with E-state index in [1.165, 1.54) is 0 Å². The van der Waals surface area contributed by atoms with Crippen LogP contribution in [0.1, 0.15) is 19.8 Å². The van der Waals surface area contributed by atoms with E-state index in [2.05, 4.69) is 4.74 Å². The Labute approximate surface area is 113 Å². The summed E-state index contributed by atoms with van der Waals surface area (Å²) in [5.74, 6) is -1.22. The first-order valence-corrected chi connectivity index (χ1v) is 7.04. The Kier molecular flexibility index (Phi) is 4.98. The van der Waals surface area contributed by atoms with Gasteiger partial charge in [-0.1, -0.05) is 6.92 Å². The van der Waals surface area contributed by atoms with Gasteiger partial charge in [0.05, 0.1) is 4.90 Å². The molecule has 112 valence electrons. The zero-order valence-electron chi connectivity index (χ0n) is 10.4. The minimum absolute atomic E-state index is 0.0362. The van der Waals surface area contributed by atoms with Gasteiger partial charge >= 0.3 is 6.36 Å². The van der Waals surface area contributed by atoms with Crippen molar-refractivity contribution in [2.75, 3.05) is 0 Å². The lowest BCUT2D eigenvalue weighted by atomic mass is 10.3. The Morgan fingerprint density at radius 3 is 2.25 bits per heavy atom. The van der Waals surface area contributed by atoms with E-state index < -0.39 is 28.0 Å². The zero-order valence-corrected chi connectivity index (χ0v) is 11.2. The van der Waals surface area contributed by atoms with Gasteiger partial charge in [0.2, 0.25) is 5.91 Å². The van der Waals surface area contributed by atoms with Gasteiger partial charge in [-0.25, -0.2) is 13.1 Å². The third-order valence-corrected chi connectivity index (χ3v) is 3.48. The van der Waals surface area contributed by atoms with Crippen molar-refractivity contribution in [1.29, 1.82) is 0 Å². The van der Waals surface area contributed by atoms with Crippen LogP contribution < -0.4 is 9.46 Å². The van der Waals surface area contributed by atoms with Gasteiger partial charge in [0.15, 0.2) is 0 Å². The van der Waals surface area contributed by atoms with E-state index in [4.69, 9.17) is 0 Å². The smallest absolute Gasteiger partial charge is 0.406 e. The second kappa shape index (κ2) is 6.12. The van der Waals surface area contributed by atoms with Crippen LogP contribution in [0.3, 0.4) is 0 Å². The molecule has 0 saturated heterocycles. The highest BCUT2D eigenvalue weighted by Gasteiger charge is 2.31. The van der Waals surface area contributed by atoms with Crippen molar-refractivity contribution in [2.24, 2.45) is 0 Å². The number of halogens is 3. The van der Waals surface area contributed by atoms with Gasteiger partial charge in [-0.3, -0.25) is 4.79 Å². The molecule has 0 saturated carbocycles. The summed E-state index contributed by atoms with van der Waals surface area (Å²) in [6.07, 6.45) is -4.34. The molecule has 0 radical (unpaired) electrons. The van der Waals surface area contributed by atoms with Crippen LogP contribution in [0.25, 0.3) is 0 Å². The van der Waals surface area contributed by atoms with Gasteiger partial charge in [0.25, 0.3) is 10.0 Å². The lowest BCUT2D eigenvalue weighted by Crippen LogP contribution is -2.30. The van der Waals surface area contributed by atoms with Crippen LogP contribution in [-0.4, -0.2) is 20.7 Å². The first-order chi connectivity index (χ1) is 9.14. The largest absolute Gasteiger partial charge is 0.573 e. The van der Waals surface area contributed by atoms with E-state index in [1.54, 1.807) is 6.92 Å². The van der Waals surface area contributed by atoms with Crippen molar-refractivity contribution in [3.8, 4) is 5.75 Å². The fourth-order valence-corrected chi connectivity index (χ4v) is 2.32. The van der Waals surface area contributed by atoms with E-state index in [0.29, 0.717) is 6.42 Å². The van der Waals surface area contributed by atoms with Crippen LogP contribution >= 0.6 is 0 Å². The highest BCUT2D eigenvalue weighted by molar-refractivity contribution is 7.90. The third kappa shape index (κ3) is 5.08. The molecule has 1 amide bonds. The second-order valence-corrected chi connectivity index (χ2v) is 5.48. The fourth-order valence-electron chi connectivity index (χ4n) is 1.31. The van der Waals surface area contributed by atoms with E-state index in [1.807, 2.05) is 4.72 Å². The van der Waals surface area contributed by atoms with Gasteiger partial charge in [-0.05, 0) is 30.7 Å². The summed E-state index contributed by atoms with van der Waals surface area (Å²) in [6.45, 7) is 1.70. The van der Waals surface area contributed by atoms with Gasteiger partial charge in [-0.2, -0.15) is 0 Å². The number of carbonyl (C=O) groups is 1. The standard InChI is InChI=1S/C11H12F3NO4S/c1-2-3-10(16)15-20(17,18)9-6-4-8(5-7-9)19-11(12,13)14/h4-7H,2-3H2,1H3,(H,15,16). The number of alkyl halides is 3. The zero-order chi connectivity index (χ0) is 15.4. The van der Waals surface area contributed by atoms with Gasteiger partial charge in [0, 0.05) is 6.42 Å². The van der Waals surface area contributed by atoms with Crippen molar-refractivity contribution in [3.63, 3.8) is 0 Å². The summed E-state index contributed by atoms with van der Waals surface area (Å²) >= 11 is 0. The molecule has 1 N–H and O–H groups in total. The third-order valence-electron chi connectivity index (χ3n) is 2.09. The number of amides is 1. The highest BCUT2D eigenvalue weighted by Crippen LogP contribution is 2.23. The Bertz CT molecular complexity index is 566. The molecule has 9 heteroatoms. The van der Waals surface area contributed by atoms with Crippen molar-refractivity contribution in [2.45, 2.75) is 31.0 Å². The highest BCUT2D eigenvalue weighted by atomic mass is 32.2. The molecule has 0 fully saturated rings. The van der Waals surface area contributed by atoms with E-state index in [9.17, 15) is 26.4 Å². The minimum atomic E-state index is -4.85. The van der Waals surface area contributed by atoms with Gasteiger partial charge in [-0.15, -0.1) is 13.2 Å². The number of ether oxygens (including phenoxy) is 1. The Morgan fingerprint density at radius 2 is 1.80 bits per heavy atom. The van der Waals surface area contributed by atoms with Crippen LogP contribution in [0.15, 0.2) is 29.2 Å². The van der Waals surface area contributed by atoms with Crippen LogP contribution in [0.5, 0.6) is 5.75 Å². The maximum Gasteiger partial charge on any atom is 0.573 e. The van der Waals surface area contributed by atoms with Crippen molar-refractivity contribution >= 4 is 15.9 Å². The summed E-state index contributed by atoms with van der Waals surface area (Å²) in [7, 11) is -4.08. The summed E-state index contributed by atoms with van der Waals surface area (Å²) in [5, 5.41) is 0. The molecule has 5 nitrogen and oxygen atoms in total. The Balaban J connectivity index is 2.84. The number of hydrogen-bond acceptors (Lipinski definition) is 4. The maximum absolute atomic E-state index is 11.9. The SMILES string of the molecule is CCCC(=O)NS(=O)(=O)c1ccc(OC(F)(F)F)cc1. The molecule has 0 atom stereocenters. The lowest BCUT2D eigenvalue weighted by Gasteiger charge is -2.10. The van der Waals surface area contributed by atoms with Crippen LogP contribution in [0.2, 0.25) is 0 Å². The minimum Gasteiger partial charge on any atom is -0.406 e. The van der Waals surface area contributed by atoms with Gasteiger partial charge in [0.1, 0.15) is 5.75 Å². The fraction of sp³-hybridized carbons (Fsp3) is 0.364. The molecule has 0 unspecified atom stereocenters. The molecular weight excluding hydrogens is 299 g/mol. The molecule has 0 aromatic heterocycles. The Morgan fingerprint density at radius 1 is 1.25 bits per heavy atom. The monoisotopic (exact) mass is 311 g/mol. The van der Waals surface area contributed by atoms with Crippen LogP contribution in [0, 0.1) is 0 Å². The Hall–Kier alpha value is -1.77. The van der Waals surface area contributed by atoms with Crippen LogP contribution in [-0.2, 0) is 14.8 Å². The summed E-state index contributed by atoms with van der Waals surface area (Å²) in [5.41, 5.74) is 0. The predicted molar refractivity (Wildman–Crippen MR) is 63.4 cm³/mol. The molecule has 0 aliphatic carbocycles. The molecule has 0 spiro atoms. The second-order valence-electron chi connectivity index (χ2n) is 3.80.